The molecule has 4 saturated carbocycles. The van der Waals surface area contributed by atoms with E-state index in [2.05, 4.69) is 20.8 Å². The zero-order valence-corrected chi connectivity index (χ0v) is 19.0. The van der Waals surface area contributed by atoms with E-state index in [9.17, 15) is 9.59 Å². The fraction of sp³-hybridized carbons (Fsp3) is 0.920. The predicted molar refractivity (Wildman–Crippen MR) is 112 cm³/mol. The quantitative estimate of drug-likeness (QED) is 0.581. The third-order valence-electron chi connectivity index (χ3n) is 9.94. The van der Waals surface area contributed by atoms with E-state index in [1.54, 1.807) is 6.92 Å². The summed E-state index contributed by atoms with van der Waals surface area (Å²) in [6.07, 6.45) is 11.2. The average molecular weight is 405 g/mol. The zero-order chi connectivity index (χ0) is 21.0. The third kappa shape index (κ3) is 3.53. The Hall–Kier alpha value is -1.06. The van der Waals surface area contributed by atoms with Gasteiger partial charge in [0.1, 0.15) is 12.2 Å². The van der Waals surface area contributed by atoms with Crippen molar-refractivity contribution in [3.05, 3.63) is 0 Å². The molecule has 0 saturated heterocycles. The lowest BCUT2D eigenvalue weighted by molar-refractivity contribution is -0.164. The molecule has 4 nitrogen and oxygen atoms in total. The summed E-state index contributed by atoms with van der Waals surface area (Å²) in [6, 6.07) is 0. The lowest BCUT2D eigenvalue weighted by Gasteiger charge is -2.61. The minimum absolute atomic E-state index is 0.0325. The molecule has 29 heavy (non-hydrogen) atoms. The normalized spacial score (nSPS) is 47.3. The van der Waals surface area contributed by atoms with Gasteiger partial charge < -0.3 is 9.47 Å². The molecule has 0 aromatic heterocycles. The van der Waals surface area contributed by atoms with Crippen LogP contribution in [0.4, 0.5) is 0 Å². The summed E-state index contributed by atoms with van der Waals surface area (Å²) in [6.45, 7) is 10.2. The van der Waals surface area contributed by atoms with Crippen molar-refractivity contribution in [3.63, 3.8) is 0 Å². The molecule has 0 heterocycles. The highest BCUT2D eigenvalue weighted by Gasteiger charge is 2.61. The van der Waals surface area contributed by atoms with Crippen LogP contribution in [0.3, 0.4) is 0 Å². The van der Waals surface area contributed by atoms with Gasteiger partial charge in [0.2, 0.25) is 0 Å². The van der Waals surface area contributed by atoms with Crippen LogP contribution in [0.5, 0.6) is 0 Å². The van der Waals surface area contributed by atoms with Gasteiger partial charge in [-0.2, -0.15) is 0 Å². The first-order valence-electron chi connectivity index (χ1n) is 12.0. The maximum Gasteiger partial charge on any atom is 0.302 e. The molecule has 0 spiro atoms. The summed E-state index contributed by atoms with van der Waals surface area (Å²) in [5.41, 5.74) is 0.717. The van der Waals surface area contributed by atoms with Crippen molar-refractivity contribution in [1.82, 2.24) is 0 Å². The number of esters is 2. The van der Waals surface area contributed by atoms with Gasteiger partial charge in [-0.1, -0.05) is 13.8 Å². The summed E-state index contributed by atoms with van der Waals surface area (Å²) in [5.74, 6) is 3.32. The van der Waals surface area contributed by atoms with Gasteiger partial charge in [0.05, 0.1) is 0 Å². The molecule has 0 aromatic rings. The first-order chi connectivity index (χ1) is 13.6. The van der Waals surface area contributed by atoms with E-state index in [0.717, 1.165) is 30.6 Å². The number of fused-ring (bicyclic) bond motifs is 5. The van der Waals surface area contributed by atoms with Crippen molar-refractivity contribution in [2.45, 2.75) is 105 Å². The summed E-state index contributed by atoms with van der Waals surface area (Å²) in [5, 5.41) is 0. The lowest BCUT2D eigenvalue weighted by atomic mass is 9.44. The highest BCUT2D eigenvalue weighted by Crippen LogP contribution is 2.68. The predicted octanol–water partition coefficient (Wildman–Crippen LogP) is 5.53. The van der Waals surface area contributed by atoms with Gasteiger partial charge in [-0.3, -0.25) is 9.59 Å². The van der Waals surface area contributed by atoms with Gasteiger partial charge in [0, 0.05) is 19.8 Å². The third-order valence-corrected chi connectivity index (χ3v) is 9.94. The molecule has 0 bridgehead atoms. The molecule has 4 aliphatic rings. The highest BCUT2D eigenvalue weighted by molar-refractivity contribution is 5.66. The van der Waals surface area contributed by atoms with Crippen molar-refractivity contribution < 1.29 is 19.1 Å². The number of carbonyl (C=O) groups is 2. The van der Waals surface area contributed by atoms with Crippen molar-refractivity contribution in [2.24, 2.45) is 40.4 Å². The van der Waals surface area contributed by atoms with E-state index in [-0.39, 0.29) is 24.1 Å². The molecule has 4 aliphatic carbocycles. The van der Waals surface area contributed by atoms with Gasteiger partial charge in [0.15, 0.2) is 0 Å². The van der Waals surface area contributed by atoms with E-state index >= 15 is 0 Å². The van der Waals surface area contributed by atoms with Crippen LogP contribution in [0.2, 0.25) is 0 Å². The topological polar surface area (TPSA) is 52.6 Å². The molecule has 0 radical (unpaired) electrons. The summed E-state index contributed by atoms with van der Waals surface area (Å²) in [4.78, 5) is 23.0. The van der Waals surface area contributed by atoms with Crippen LogP contribution in [0, 0.1) is 40.4 Å². The van der Waals surface area contributed by atoms with Gasteiger partial charge in [-0.25, -0.2) is 0 Å². The molecule has 4 rings (SSSR count). The molecule has 0 aromatic carbocycles. The first kappa shape index (κ1) is 21.2. The van der Waals surface area contributed by atoms with Crippen LogP contribution >= 0.6 is 0 Å². The Morgan fingerprint density at radius 3 is 2.24 bits per heavy atom. The summed E-state index contributed by atoms with van der Waals surface area (Å²) < 4.78 is 11.3. The Bertz CT molecular complexity index is 659. The van der Waals surface area contributed by atoms with Crippen LogP contribution in [0.25, 0.3) is 0 Å². The molecular formula is C25H40O4. The number of carbonyl (C=O) groups excluding carboxylic acids is 2. The smallest absolute Gasteiger partial charge is 0.302 e. The van der Waals surface area contributed by atoms with Crippen LogP contribution in [0.1, 0.15) is 92.4 Å². The van der Waals surface area contributed by atoms with Crippen LogP contribution < -0.4 is 0 Å². The van der Waals surface area contributed by atoms with Gasteiger partial charge >= 0.3 is 11.9 Å². The molecule has 4 heteroatoms. The Morgan fingerprint density at radius 2 is 1.55 bits per heavy atom. The number of hydrogen-bond donors (Lipinski definition) is 0. The highest BCUT2D eigenvalue weighted by atomic mass is 16.5. The van der Waals surface area contributed by atoms with Gasteiger partial charge in [0.25, 0.3) is 0 Å². The molecule has 4 fully saturated rings. The van der Waals surface area contributed by atoms with E-state index in [0.29, 0.717) is 22.7 Å². The Balaban J connectivity index is 1.50. The van der Waals surface area contributed by atoms with Crippen molar-refractivity contribution in [1.29, 1.82) is 0 Å². The van der Waals surface area contributed by atoms with Crippen LogP contribution in [0.15, 0.2) is 0 Å². The van der Waals surface area contributed by atoms with Crippen molar-refractivity contribution in [3.8, 4) is 0 Å². The fourth-order valence-electron chi connectivity index (χ4n) is 8.72. The second-order valence-corrected chi connectivity index (χ2v) is 11.2. The van der Waals surface area contributed by atoms with Crippen LogP contribution in [-0.2, 0) is 19.1 Å². The molecule has 9 atom stereocenters. The maximum absolute atomic E-state index is 11.5. The van der Waals surface area contributed by atoms with E-state index in [1.807, 2.05) is 0 Å². The zero-order valence-electron chi connectivity index (χ0n) is 19.0. The number of ether oxygens (including phenoxy) is 2. The molecule has 1 unspecified atom stereocenters. The number of hydrogen-bond acceptors (Lipinski definition) is 4. The van der Waals surface area contributed by atoms with Crippen LogP contribution in [-0.4, -0.2) is 24.1 Å². The SMILES string of the molecule is CC(=O)O[C@H]1CC[C@@]2(C)[C@H](CC[C@@H]3[C@@H]2CC[C@]2(C)C([C@@H](C)OC(C)=O)CC[C@@H]32)C1. The van der Waals surface area contributed by atoms with Crippen molar-refractivity contribution in [2.75, 3.05) is 0 Å². The average Bonchev–Trinajstić information content (AvgIpc) is 2.98. The minimum atomic E-state index is -0.143. The van der Waals surface area contributed by atoms with Gasteiger partial charge in [-0.15, -0.1) is 0 Å². The first-order valence-corrected chi connectivity index (χ1v) is 12.0. The van der Waals surface area contributed by atoms with E-state index < -0.39 is 0 Å². The molecule has 0 N–H and O–H groups in total. The largest absolute Gasteiger partial charge is 0.463 e. The Labute approximate surface area is 176 Å². The minimum Gasteiger partial charge on any atom is -0.463 e. The maximum atomic E-state index is 11.5. The molecule has 164 valence electrons. The Kier molecular flexibility index (Phi) is 5.53. The summed E-state index contributed by atoms with van der Waals surface area (Å²) in [7, 11) is 0. The Morgan fingerprint density at radius 1 is 0.862 bits per heavy atom. The molecule has 0 amide bonds. The fourth-order valence-corrected chi connectivity index (χ4v) is 8.72. The summed E-state index contributed by atoms with van der Waals surface area (Å²) >= 11 is 0. The number of rotatable bonds is 3. The van der Waals surface area contributed by atoms with Crippen molar-refractivity contribution >= 4 is 11.9 Å². The molecule has 0 aliphatic heterocycles. The molecular weight excluding hydrogens is 364 g/mol. The monoisotopic (exact) mass is 404 g/mol. The second-order valence-electron chi connectivity index (χ2n) is 11.2. The standard InChI is InChI=1S/C25H40O4/c1-15(28-16(2)26)21-8-9-22-20-7-6-18-14-19(29-17(3)27)10-12-24(18,4)23(20)11-13-25(21,22)5/h15,18-23H,6-14H2,1-5H3/t15-,18-,19+,20+,21?,22+,23+,24+,25-/m1/s1. The van der Waals surface area contributed by atoms with E-state index in [1.165, 1.54) is 51.9 Å². The lowest BCUT2D eigenvalue weighted by Crippen LogP contribution is -2.54. The second kappa shape index (κ2) is 7.57. The van der Waals surface area contributed by atoms with Gasteiger partial charge in [-0.05, 0) is 99.2 Å². The van der Waals surface area contributed by atoms with E-state index in [4.69, 9.17) is 9.47 Å².